The SMILES string of the molecule is CC(C)Cc1ncc(CN(C)CC(C)(C)O)s1. The lowest BCUT2D eigenvalue weighted by molar-refractivity contribution is 0.0427. The highest BCUT2D eigenvalue weighted by Gasteiger charge is 2.16. The Morgan fingerprint density at radius 1 is 1.47 bits per heavy atom. The third-order valence-electron chi connectivity index (χ3n) is 2.27. The molecule has 0 unspecified atom stereocenters. The molecule has 0 saturated heterocycles. The predicted molar refractivity (Wildman–Crippen MR) is 73.3 cm³/mol. The molecule has 98 valence electrons. The Morgan fingerprint density at radius 3 is 2.65 bits per heavy atom. The highest BCUT2D eigenvalue weighted by molar-refractivity contribution is 7.11. The standard InChI is InChI=1S/C13H24N2OS/c1-10(2)6-12-14-7-11(17-12)8-15(5)9-13(3,4)16/h7,10,16H,6,8-9H2,1-5H3. The van der Waals surface area contributed by atoms with Gasteiger partial charge < -0.3 is 5.11 Å². The smallest absolute Gasteiger partial charge is 0.0930 e. The van der Waals surface area contributed by atoms with Crippen LogP contribution >= 0.6 is 11.3 Å². The molecular formula is C13H24N2OS. The number of nitrogens with zero attached hydrogens (tertiary/aromatic N) is 2. The van der Waals surface area contributed by atoms with Crippen molar-refractivity contribution in [2.75, 3.05) is 13.6 Å². The molecule has 0 aromatic carbocycles. The number of hydrogen-bond donors (Lipinski definition) is 1. The van der Waals surface area contributed by atoms with Gasteiger partial charge in [-0.05, 0) is 26.8 Å². The Bertz CT molecular complexity index is 341. The minimum Gasteiger partial charge on any atom is -0.389 e. The fraction of sp³-hybridized carbons (Fsp3) is 0.769. The molecular weight excluding hydrogens is 232 g/mol. The molecule has 1 aromatic heterocycles. The van der Waals surface area contributed by atoms with E-state index in [1.54, 1.807) is 11.3 Å². The number of rotatable bonds is 6. The first kappa shape index (κ1) is 14.6. The first-order valence-electron chi connectivity index (χ1n) is 6.11. The summed E-state index contributed by atoms with van der Waals surface area (Å²) in [6, 6.07) is 0. The van der Waals surface area contributed by atoms with Crippen LogP contribution in [0.4, 0.5) is 0 Å². The fourth-order valence-electron chi connectivity index (χ4n) is 1.85. The molecule has 0 aliphatic heterocycles. The van der Waals surface area contributed by atoms with E-state index in [1.165, 1.54) is 9.88 Å². The zero-order valence-electron chi connectivity index (χ0n) is 11.5. The highest BCUT2D eigenvalue weighted by atomic mass is 32.1. The van der Waals surface area contributed by atoms with Gasteiger partial charge in [-0.1, -0.05) is 13.8 Å². The molecule has 0 aliphatic rings. The summed E-state index contributed by atoms with van der Waals surface area (Å²) in [4.78, 5) is 7.84. The molecule has 0 radical (unpaired) electrons. The van der Waals surface area contributed by atoms with Crippen molar-refractivity contribution in [1.82, 2.24) is 9.88 Å². The third-order valence-corrected chi connectivity index (χ3v) is 3.27. The van der Waals surface area contributed by atoms with Gasteiger partial charge in [0.2, 0.25) is 0 Å². The summed E-state index contributed by atoms with van der Waals surface area (Å²) in [6.07, 6.45) is 3.02. The average molecular weight is 256 g/mol. The zero-order valence-corrected chi connectivity index (χ0v) is 12.3. The molecule has 1 aromatic rings. The number of aliphatic hydroxyl groups is 1. The molecule has 17 heavy (non-hydrogen) atoms. The molecule has 1 N–H and O–H groups in total. The van der Waals surface area contributed by atoms with Crippen molar-refractivity contribution in [3.8, 4) is 0 Å². The van der Waals surface area contributed by atoms with E-state index in [2.05, 4.69) is 23.7 Å². The highest BCUT2D eigenvalue weighted by Crippen LogP contribution is 2.18. The maximum atomic E-state index is 9.74. The second-order valence-electron chi connectivity index (χ2n) is 5.80. The number of hydrogen-bond acceptors (Lipinski definition) is 4. The monoisotopic (exact) mass is 256 g/mol. The molecule has 0 saturated carbocycles. The van der Waals surface area contributed by atoms with Gasteiger partial charge in [-0.2, -0.15) is 0 Å². The lowest BCUT2D eigenvalue weighted by atomic mass is 10.1. The van der Waals surface area contributed by atoms with E-state index in [1.807, 2.05) is 27.1 Å². The molecule has 1 heterocycles. The normalized spacial score (nSPS) is 12.7. The van der Waals surface area contributed by atoms with E-state index in [-0.39, 0.29) is 0 Å². The van der Waals surface area contributed by atoms with Crippen LogP contribution in [0.5, 0.6) is 0 Å². The van der Waals surface area contributed by atoms with Crippen LogP contribution in [0.1, 0.15) is 37.6 Å². The minimum atomic E-state index is -0.639. The van der Waals surface area contributed by atoms with Gasteiger partial charge in [0.15, 0.2) is 0 Å². The van der Waals surface area contributed by atoms with Crippen molar-refractivity contribution in [2.45, 2.75) is 46.3 Å². The maximum absolute atomic E-state index is 9.74. The Balaban J connectivity index is 2.49. The van der Waals surface area contributed by atoms with Gasteiger partial charge in [0.05, 0.1) is 10.6 Å². The largest absolute Gasteiger partial charge is 0.389 e. The van der Waals surface area contributed by atoms with Crippen molar-refractivity contribution in [1.29, 1.82) is 0 Å². The van der Waals surface area contributed by atoms with Gasteiger partial charge in [-0.25, -0.2) is 4.98 Å². The Morgan fingerprint density at radius 2 is 2.12 bits per heavy atom. The van der Waals surface area contributed by atoms with Crippen LogP contribution in [-0.2, 0) is 13.0 Å². The number of thiazole rings is 1. The van der Waals surface area contributed by atoms with Crippen molar-refractivity contribution in [3.05, 3.63) is 16.1 Å². The van der Waals surface area contributed by atoms with Crippen molar-refractivity contribution < 1.29 is 5.11 Å². The van der Waals surface area contributed by atoms with Crippen LogP contribution in [0.2, 0.25) is 0 Å². The molecule has 0 fully saturated rings. The summed E-state index contributed by atoms with van der Waals surface area (Å²) in [6.45, 7) is 9.62. The summed E-state index contributed by atoms with van der Waals surface area (Å²) in [5.74, 6) is 0.656. The van der Waals surface area contributed by atoms with E-state index in [4.69, 9.17) is 0 Å². The lowest BCUT2D eigenvalue weighted by Crippen LogP contribution is -2.35. The van der Waals surface area contributed by atoms with Crippen LogP contribution in [-0.4, -0.2) is 34.2 Å². The third kappa shape index (κ3) is 6.15. The fourth-order valence-corrected chi connectivity index (χ4v) is 3.06. The molecule has 0 spiro atoms. The molecule has 4 heteroatoms. The summed E-state index contributed by atoms with van der Waals surface area (Å²) >= 11 is 1.78. The van der Waals surface area contributed by atoms with E-state index >= 15 is 0 Å². The summed E-state index contributed by atoms with van der Waals surface area (Å²) in [5.41, 5.74) is -0.639. The van der Waals surface area contributed by atoms with Crippen molar-refractivity contribution in [2.24, 2.45) is 5.92 Å². The first-order valence-corrected chi connectivity index (χ1v) is 6.92. The second-order valence-corrected chi connectivity index (χ2v) is 7.00. The second kappa shape index (κ2) is 5.94. The van der Waals surface area contributed by atoms with Crippen molar-refractivity contribution in [3.63, 3.8) is 0 Å². The first-order chi connectivity index (χ1) is 7.76. The molecule has 3 nitrogen and oxygen atoms in total. The van der Waals surface area contributed by atoms with Crippen LogP contribution in [0.15, 0.2) is 6.20 Å². The molecule has 0 bridgehead atoms. The quantitative estimate of drug-likeness (QED) is 0.850. The Kier molecular flexibility index (Phi) is 5.10. The molecule has 0 aliphatic carbocycles. The molecule has 0 amide bonds. The summed E-state index contributed by atoms with van der Waals surface area (Å²) in [5, 5.41) is 11.0. The van der Waals surface area contributed by atoms with Crippen LogP contribution in [0.3, 0.4) is 0 Å². The van der Waals surface area contributed by atoms with E-state index in [0.717, 1.165) is 13.0 Å². The van der Waals surface area contributed by atoms with Gasteiger partial charge in [0.25, 0.3) is 0 Å². The van der Waals surface area contributed by atoms with E-state index in [9.17, 15) is 5.11 Å². The van der Waals surface area contributed by atoms with Gasteiger partial charge >= 0.3 is 0 Å². The number of aromatic nitrogens is 1. The van der Waals surface area contributed by atoms with Crippen molar-refractivity contribution >= 4 is 11.3 Å². The summed E-state index contributed by atoms with van der Waals surface area (Å²) in [7, 11) is 2.03. The zero-order chi connectivity index (χ0) is 13.1. The Labute approximate surface area is 108 Å². The van der Waals surface area contributed by atoms with E-state index < -0.39 is 5.60 Å². The van der Waals surface area contributed by atoms with Crippen LogP contribution < -0.4 is 0 Å². The topological polar surface area (TPSA) is 36.4 Å². The predicted octanol–water partition coefficient (Wildman–Crippen LogP) is 2.54. The summed E-state index contributed by atoms with van der Waals surface area (Å²) < 4.78 is 0. The minimum absolute atomic E-state index is 0.639. The number of likely N-dealkylation sites (N-methyl/N-ethyl adjacent to an activating group) is 1. The van der Waals surface area contributed by atoms with Crippen LogP contribution in [0, 0.1) is 5.92 Å². The molecule has 1 rings (SSSR count). The van der Waals surface area contributed by atoms with Gasteiger partial charge in [-0.3, -0.25) is 4.90 Å². The van der Waals surface area contributed by atoms with Crippen LogP contribution in [0.25, 0.3) is 0 Å². The lowest BCUT2D eigenvalue weighted by Gasteiger charge is -2.24. The maximum Gasteiger partial charge on any atom is 0.0930 e. The molecule has 0 atom stereocenters. The van der Waals surface area contributed by atoms with Gasteiger partial charge in [0, 0.05) is 30.6 Å². The average Bonchev–Trinajstić information content (AvgIpc) is 2.46. The Hall–Kier alpha value is -0.450. The van der Waals surface area contributed by atoms with Gasteiger partial charge in [-0.15, -0.1) is 11.3 Å². The van der Waals surface area contributed by atoms with Gasteiger partial charge in [0.1, 0.15) is 0 Å². The van der Waals surface area contributed by atoms with E-state index in [0.29, 0.717) is 12.5 Å².